The molecule has 2 aliphatic rings. The molecule has 0 saturated carbocycles. The molecule has 7 heteroatoms. The summed E-state index contributed by atoms with van der Waals surface area (Å²) in [5.74, 6) is -0.269. The minimum Gasteiger partial charge on any atom is -0.338 e. The van der Waals surface area contributed by atoms with E-state index in [1.54, 1.807) is 13.8 Å². The van der Waals surface area contributed by atoms with Crippen LogP contribution in [-0.4, -0.2) is 36.4 Å². The van der Waals surface area contributed by atoms with Gasteiger partial charge in [0.2, 0.25) is 0 Å². The molecule has 0 aliphatic carbocycles. The predicted molar refractivity (Wildman–Crippen MR) is 73.8 cm³/mol. The van der Waals surface area contributed by atoms with Crippen LogP contribution in [0.1, 0.15) is 13.8 Å². The molecule has 0 bridgehead atoms. The molecule has 0 radical (unpaired) electrons. The van der Waals surface area contributed by atoms with E-state index >= 15 is 0 Å². The average molecular weight is 396 g/mol. The van der Waals surface area contributed by atoms with Crippen molar-refractivity contribution in [2.75, 3.05) is 0 Å². The maximum atomic E-state index is 11.5. The Morgan fingerprint density at radius 2 is 1.32 bits per heavy atom. The molecule has 0 aromatic heterocycles. The van der Waals surface area contributed by atoms with Crippen LogP contribution in [0, 0.1) is 0 Å². The van der Waals surface area contributed by atoms with Crippen molar-refractivity contribution in [3.63, 3.8) is 0 Å². The monoisotopic (exact) mass is 394 g/mol. The number of hydrogen-bond acceptors (Lipinski definition) is 5. The molecule has 2 rings (SSSR count). The molecule has 0 amide bonds. The Balaban J connectivity index is 2.07. The fourth-order valence-corrected chi connectivity index (χ4v) is 2.75. The van der Waals surface area contributed by atoms with E-state index in [4.69, 9.17) is 14.2 Å². The van der Waals surface area contributed by atoms with Gasteiger partial charge in [0.1, 0.15) is 12.2 Å². The fourth-order valence-electron chi connectivity index (χ4n) is 1.67. The Morgan fingerprint density at radius 1 is 0.947 bits per heavy atom. The minimum atomic E-state index is -0.705. The lowest BCUT2D eigenvalue weighted by molar-refractivity contribution is -0.232. The highest BCUT2D eigenvalue weighted by atomic mass is 79.9. The number of Topliss-reactive ketones (excluding diaryl/α,β-unsaturated/α-hetero) is 2. The lowest BCUT2D eigenvalue weighted by atomic mass is 10.2. The molecule has 0 aromatic rings. The molecule has 0 spiro atoms. The highest BCUT2D eigenvalue weighted by Gasteiger charge is 2.32. The van der Waals surface area contributed by atoms with Crippen LogP contribution in [0.3, 0.4) is 0 Å². The molecule has 5 nitrogen and oxygen atoms in total. The van der Waals surface area contributed by atoms with Gasteiger partial charge in [-0.05, 0) is 57.9 Å². The maximum Gasteiger partial charge on any atom is 0.198 e. The van der Waals surface area contributed by atoms with Crippen LogP contribution in [0.2, 0.25) is 0 Å². The van der Waals surface area contributed by atoms with Crippen molar-refractivity contribution < 1.29 is 23.8 Å². The molecule has 2 aliphatic heterocycles. The first kappa shape index (κ1) is 15.1. The van der Waals surface area contributed by atoms with E-state index in [-0.39, 0.29) is 11.6 Å². The summed E-state index contributed by atoms with van der Waals surface area (Å²) >= 11 is 6.33. The Morgan fingerprint density at radius 3 is 1.63 bits per heavy atom. The van der Waals surface area contributed by atoms with Gasteiger partial charge in [0.15, 0.2) is 24.1 Å². The Hall–Kier alpha value is -0.340. The summed E-state index contributed by atoms with van der Waals surface area (Å²) in [6.45, 7) is 3.29. The Labute approximate surface area is 127 Å². The smallest absolute Gasteiger partial charge is 0.198 e. The zero-order valence-corrected chi connectivity index (χ0v) is 13.4. The number of carbonyl (C=O) groups excluding carboxylic acids is 2. The molecule has 2 heterocycles. The summed E-state index contributed by atoms with van der Waals surface area (Å²) in [4.78, 5) is 23.0. The second kappa shape index (κ2) is 5.97. The molecular weight excluding hydrogens is 384 g/mol. The van der Waals surface area contributed by atoms with Crippen molar-refractivity contribution in [2.45, 2.75) is 38.6 Å². The van der Waals surface area contributed by atoms with Crippen molar-refractivity contribution in [1.82, 2.24) is 0 Å². The van der Waals surface area contributed by atoms with Crippen LogP contribution >= 0.6 is 31.9 Å². The number of ether oxygens (including phenoxy) is 3. The Bertz CT molecular complexity index is 429. The van der Waals surface area contributed by atoms with Gasteiger partial charge in [-0.15, -0.1) is 0 Å². The van der Waals surface area contributed by atoms with Gasteiger partial charge in [-0.2, -0.15) is 0 Å². The van der Waals surface area contributed by atoms with Crippen LogP contribution in [0.5, 0.6) is 0 Å². The first-order valence-corrected chi connectivity index (χ1v) is 7.26. The summed E-state index contributed by atoms with van der Waals surface area (Å²) in [5.41, 5.74) is 0. The third-order valence-corrected chi connectivity index (χ3v) is 4.03. The predicted octanol–water partition coefficient (Wildman–Crippen LogP) is 2.19. The number of rotatable bonds is 2. The minimum absolute atomic E-state index is 0.135. The van der Waals surface area contributed by atoms with E-state index in [2.05, 4.69) is 31.9 Å². The van der Waals surface area contributed by atoms with Crippen LogP contribution in [0.4, 0.5) is 0 Å². The summed E-state index contributed by atoms with van der Waals surface area (Å²) in [6.07, 6.45) is 0.468. The maximum absolute atomic E-state index is 11.5. The molecule has 0 saturated heterocycles. The summed E-state index contributed by atoms with van der Waals surface area (Å²) < 4.78 is 17.1. The molecule has 0 fully saturated rings. The second-order valence-corrected chi connectivity index (χ2v) is 5.90. The largest absolute Gasteiger partial charge is 0.338 e. The van der Waals surface area contributed by atoms with Crippen molar-refractivity contribution in [3.8, 4) is 0 Å². The van der Waals surface area contributed by atoms with Crippen molar-refractivity contribution in [2.24, 2.45) is 0 Å². The zero-order valence-electron chi connectivity index (χ0n) is 10.3. The van der Waals surface area contributed by atoms with Crippen molar-refractivity contribution in [1.29, 1.82) is 0 Å². The molecule has 0 aromatic carbocycles. The third kappa shape index (κ3) is 3.41. The molecule has 4 unspecified atom stereocenters. The first-order chi connectivity index (χ1) is 8.88. The van der Waals surface area contributed by atoms with E-state index in [1.807, 2.05) is 0 Å². The van der Waals surface area contributed by atoms with Crippen LogP contribution < -0.4 is 0 Å². The Kier molecular flexibility index (Phi) is 4.73. The standard InChI is InChI=1S/C12H12Br2O5/c1-5-11(15)7(13)3-9(17-5)19-10-4-8(14)12(16)6(2)18-10/h3-6,9-10H,1-2H3. The van der Waals surface area contributed by atoms with Gasteiger partial charge in [0.05, 0.1) is 8.96 Å². The van der Waals surface area contributed by atoms with E-state index in [1.165, 1.54) is 12.2 Å². The average Bonchev–Trinajstić information content (AvgIpc) is 2.33. The molecule has 0 N–H and O–H groups in total. The highest BCUT2D eigenvalue weighted by molar-refractivity contribution is 9.12. The van der Waals surface area contributed by atoms with Crippen molar-refractivity contribution in [3.05, 3.63) is 21.1 Å². The lowest BCUT2D eigenvalue weighted by Gasteiger charge is -2.30. The van der Waals surface area contributed by atoms with Crippen LogP contribution in [0.15, 0.2) is 21.1 Å². The van der Waals surface area contributed by atoms with Crippen LogP contribution in [0.25, 0.3) is 0 Å². The molecule has 4 atom stereocenters. The first-order valence-electron chi connectivity index (χ1n) is 5.68. The van der Waals surface area contributed by atoms with E-state index in [0.717, 1.165) is 0 Å². The van der Waals surface area contributed by atoms with Gasteiger partial charge >= 0.3 is 0 Å². The number of carbonyl (C=O) groups is 2. The highest BCUT2D eigenvalue weighted by Crippen LogP contribution is 2.25. The quantitative estimate of drug-likeness (QED) is 0.717. The summed E-state index contributed by atoms with van der Waals surface area (Å²) in [7, 11) is 0. The van der Waals surface area contributed by atoms with Gasteiger partial charge in [-0.3, -0.25) is 9.59 Å². The molecule has 104 valence electrons. The molecule has 19 heavy (non-hydrogen) atoms. The summed E-state index contributed by atoms with van der Waals surface area (Å²) in [5, 5.41) is 0. The SMILES string of the molecule is CC1OC(OC2C=C(Br)C(=O)C(C)O2)C=C(Br)C1=O. The lowest BCUT2D eigenvalue weighted by Crippen LogP contribution is -2.38. The van der Waals surface area contributed by atoms with Crippen molar-refractivity contribution >= 4 is 43.4 Å². The molecular formula is C12H12Br2O5. The van der Waals surface area contributed by atoms with Gasteiger partial charge in [-0.1, -0.05) is 0 Å². The van der Waals surface area contributed by atoms with Crippen LogP contribution in [-0.2, 0) is 23.8 Å². The number of halogens is 2. The van der Waals surface area contributed by atoms with E-state index in [9.17, 15) is 9.59 Å². The number of ketones is 2. The second-order valence-electron chi connectivity index (χ2n) is 4.19. The topological polar surface area (TPSA) is 61.8 Å². The van der Waals surface area contributed by atoms with Gasteiger partial charge in [0.25, 0.3) is 0 Å². The summed E-state index contributed by atoms with van der Waals surface area (Å²) in [6, 6.07) is 0. The normalized spacial score (nSPS) is 36.0. The van der Waals surface area contributed by atoms with E-state index < -0.39 is 24.8 Å². The van der Waals surface area contributed by atoms with Gasteiger partial charge in [-0.25, -0.2) is 0 Å². The zero-order chi connectivity index (χ0) is 14.2. The fraction of sp³-hybridized carbons (Fsp3) is 0.500. The third-order valence-electron chi connectivity index (χ3n) is 2.72. The van der Waals surface area contributed by atoms with E-state index in [0.29, 0.717) is 8.96 Å². The number of hydrogen-bond donors (Lipinski definition) is 0. The van der Waals surface area contributed by atoms with Gasteiger partial charge in [0, 0.05) is 0 Å². The van der Waals surface area contributed by atoms with Gasteiger partial charge < -0.3 is 14.2 Å².